The fourth-order valence-corrected chi connectivity index (χ4v) is 2.45. The molecule has 0 bridgehead atoms. The number of H-pyrrole nitrogens is 2. The summed E-state index contributed by atoms with van der Waals surface area (Å²) in [6, 6.07) is 7.55. The van der Waals surface area contributed by atoms with Crippen molar-refractivity contribution in [3.63, 3.8) is 0 Å². The number of carbonyl (C=O) groups is 1. The van der Waals surface area contributed by atoms with Gasteiger partial charge in [0.1, 0.15) is 0 Å². The first-order chi connectivity index (χ1) is 11.3. The number of nitrogens with zero attached hydrogens (tertiary/aromatic N) is 4. The zero-order valence-corrected chi connectivity index (χ0v) is 11.9. The number of nitrogens with one attached hydrogen (secondary N) is 2. The minimum atomic E-state index is -0.552. The molecule has 0 radical (unpaired) electrons. The van der Waals surface area contributed by atoms with Crippen LogP contribution in [0, 0.1) is 0 Å². The van der Waals surface area contributed by atoms with Gasteiger partial charge in [0.05, 0.1) is 17.2 Å². The van der Waals surface area contributed by atoms with E-state index in [-0.39, 0.29) is 0 Å². The van der Waals surface area contributed by atoms with Gasteiger partial charge in [0.15, 0.2) is 23.2 Å². The van der Waals surface area contributed by atoms with E-state index in [4.69, 9.17) is 4.74 Å². The predicted octanol–water partition coefficient (Wildman–Crippen LogP) is 1.69. The van der Waals surface area contributed by atoms with Gasteiger partial charge in [-0.15, -0.1) is 0 Å². The van der Waals surface area contributed by atoms with E-state index in [2.05, 4.69) is 30.1 Å². The lowest BCUT2D eigenvalue weighted by Gasteiger charge is -2.10. The van der Waals surface area contributed by atoms with Crippen LogP contribution in [0.15, 0.2) is 36.7 Å². The molecule has 0 aliphatic heterocycles. The fraction of sp³-hybridized carbons (Fsp3) is 0.133. The van der Waals surface area contributed by atoms with Gasteiger partial charge in [0.2, 0.25) is 0 Å². The maximum absolute atomic E-state index is 10.8. The molecule has 4 aromatic rings. The van der Waals surface area contributed by atoms with Crippen LogP contribution in [-0.2, 0) is 16.0 Å². The van der Waals surface area contributed by atoms with E-state index in [9.17, 15) is 4.79 Å². The van der Waals surface area contributed by atoms with Crippen LogP contribution in [0.5, 0.6) is 0 Å². The minimum Gasteiger partial charge on any atom is -0.456 e. The van der Waals surface area contributed by atoms with E-state index in [0.717, 1.165) is 16.6 Å². The number of aromatic amines is 2. The Hall–Kier alpha value is -3.29. The standard InChI is InChI=1S/C15H12N6O2/c22-8-23-12(5-9-6-16-17-7-9)13-20-14-15(21-13)19-11-4-2-1-3-10(11)18-14/h1-4,6-8,12H,5H2,(H,16,17)(H,18,19,20,21). The van der Waals surface area contributed by atoms with Crippen LogP contribution < -0.4 is 0 Å². The number of benzene rings is 1. The van der Waals surface area contributed by atoms with Gasteiger partial charge in [-0.3, -0.25) is 9.89 Å². The van der Waals surface area contributed by atoms with Gasteiger partial charge in [0.25, 0.3) is 6.47 Å². The fourth-order valence-electron chi connectivity index (χ4n) is 2.45. The van der Waals surface area contributed by atoms with Crippen molar-refractivity contribution in [2.24, 2.45) is 0 Å². The molecular weight excluding hydrogens is 296 g/mol. The quantitative estimate of drug-likeness (QED) is 0.543. The van der Waals surface area contributed by atoms with Crippen LogP contribution in [0.25, 0.3) is 22.3 Å². The number of hydrogen-bond acceptors (Lipinski definition) is 6. The van der Waals surface area contributed by atoms with Crippen LogP contribution in [0.4, 0.5) is 0 Å². The molecule has 4 rings (SSSR count). The molecule has 0 spiro atoms. The van der Waals surface area contributed by atoms with Gasteiger partial charge >= 0.3 is 0 Å². The molecule has 0 amide bonds. The van der Waals surface area contributed by atoms with Gasteiger partial charge in [-0.05, 0) is 17.7 Å². The summed E-state index contributed by atoms with van der Waals surface area (Å²) in [6.45, 7) is 0.412. The molecule has 1 atom stereocenters. The lowest BCUT2D eigenvalue weighted by atomic mass is 10.1. The van der Waals surface area contributed by atoms with Gasteiger partial charge < -0.3 is 9.72 Å². The molecule has 3 aromatic heterocycles. The summed E-state index contributed by atoms with van der Waals surface area (Å²) in [4.78, 5) is 27.3. The van der Waals surface area contributed by atoms with Crippen molar-refractivity contribution in [1.82, 2.24) is 30.1 Å². The SMILES string of the molecule is O=COC(Cc1cn[nH]c1)c1nc2nc3ccccc3nc2[nH]1. The smallest absolute Gasteiger partial charge is 0.293 e. The Bertz CT molecular complexity index is 910. The highest BCUT2D eigenvalue weighted by atomic mass is 16.5. The number of imidazole rings is 1. The predicted molar refractivity (Wildman–Crippen MR) is 81.4 cm³/mol. The third-order valence-corrected chi connectivity index (χ3v) is 3.53. The third-order valence-electron chi connectivity index (χ3n) is 3.53. The first kappa shape index (κ1) is 13.4. The summed E-state index contributed by atoms with van der Waals surface area (Å²) < 4.78 is 5.16. The minimum absolute atomic E-state index is 0.412. The zero-order valence-electron chi connectivity index (χ0n) is 11.9. The van der Waals surface area contributed by atoms with E-state index < -0.39 is 6.10 Å². The number of fused-ring (bicyclic) bond motifs is 2. The largest absolute Gasteiger partial charge is 0.456 e. The lowest BCUT2D eigenvalue weighted by Crippen LogP contribution is -2.08. The Morgan fingerprint density at radius 3 is 2.74 bits per heavy atom. The van der Waals surface area contributed by atoms with Gasteiger partial charge in [-0.2, -0.15) is 5.10 Å². The third kappa shape index (κ3) is 2.50. The summed E-state index contributed by atoms with van der Waals surface area (Å²) in [7, 11) is 0. The highest BCUT2D eigenvalue weighted by molar-refractivity contribution is 5.82. The Morgan fingerprint density at radius 1 is 1.17 bits per heavy atom. The average molecular weight is 308 g/mol. The van der Waals surface area contributed by atoms with Crippen molar-refractivity contribution in [3.05, 3.63) is 48.0 Å². The second-order valence-corrected chi connectivity index (χ2v) is 5.04. The lowest BCUT2D eigenvalue weighted by molar-refractivity contribution is -0.134. The Labute approximate surface area is 129 Å². The Balaban J connectivity index is 1.76. The number of hydrogen-bond donors (Lipinski definition) is 2. The first-order valence-electron chi connectivity index (χ1n) is 7.02. The van der Waals surface area contributed by atoms with Crippen molar-refractivity contribution < 1.29 is 9.53 Å². The molecule has 8 heteroatoms. The molecule has 2 N–H and O–H groups in total. The Kier molecular flexibility index (Phi) is 3.19. The highest BCUT2D eigenvalue weighted by Gasteiger charge is 2.19. The van der Waals surface area contributed by atoms with Crippen LogP contribution in [0.2, 0.25) is 0 Å². The van der Waals surface area contributed by atoms with Crippen LogP contribution in [-0.4, -0.2) is 36.6 Å². The first-order valence-corrected chi connectivity index (χ1v) is 7.02. The van der Waals surface area contributed by atoms with Crippen molar-refractivity contribution in [1.29, 1.82) is 0 Å². The molecule has 1 unspecified atom stereocenters. The maximum atomic E-state index is 10.8. The molecule has 0 saturated carbocycles. The molecule has 0 aliphatic rings. The summed E-state index contributed by atoms with van der Waals surface area (Å²) >= 11 is 0. The molecule has 114 valence electrons. The maximum Gasteiger partial charge on any atom is 0.293 e. The highest BCUT2D eigenvalue weighted by Crippen LogP contribution is 2.22. The van der Waals surface area contributed by atoms with Crippen molar-refractivity contribution in [2.75, 3.05) is 0 Å². The van der Waals surface area contributed by atoms with Crippen LogP contribution in [0.1, 0.15) is 17.5 Å². The molecule has 3 heterocycles. The van der Waals surface area contributed by atoms with Gasteiger partial charge in [-0.25, -0.2) is 15.0 Å². The molecule has 0 saturated heterocycles. The van der Waals surface area contributed by atoms with Crippen molar-refractivity contribution in [3.8, 4) is 0 Å². The molecular formula is C15H12N6O2. The van der Waals surface area contributed by atoms with E-state index in [1.54, 1.807) is 12.4 Å². The average Bonchev–Trinajstić information content (AvgIpc) is 3.21. The van der Waals surface area contributed by atoms with E-state index >= 15 is 0 Å². The summed E-state index contributed by atoms with van der Waals surface area (Å²) in [5, 5.41) is 6.61. The van der Waals surface area contributed by atoms with Crippen molar-refractivity contribution >= 4 is 28.8 Å². The molecule has 8 nitrogen and oxygen atoms in total. The Morgan fingerprint density at radius 2 is 2.00 bits per heavy atom. The van der Waals surface area contributed by atoms with Crippen molar-refractivity contribution in [2.45, 2.75) is 12.5 Å². The zero-order chi connectivity index (χ0) is 15.6. The number of carbonyl (C=O) groups excluding carboxylic acids is 1. The van der Waals surface area contributed by atoms with Crippen LogP contribution in [0.3, 0.4) is 0 Å². The summed E-state index contributed by atoms with van der Waals surface area (Å²) in [6.07, 6.45) is 3.32. The monoisotopic (exact) mass is 308 g/mol. The van der Waals surface area contributed by atoms with E-state index in [1.165, 1.54) is 0 Å². The molecule has 0 aliphatic carbocycles. The summed E-state index contributed by atoms with van der Waals surface area (Å²) in [5.41, 5.74) is 3.50. The molecule has 1 aromatic carbocycles. The van der Waals surface area contributed by atoms with Gasteiger partial charge in [-0.1, -0.05) is 12.1 Å². The second kappa shape index (κ2) is 5.48. The van der Waals surface area contributed by atoms with E-state index in [1.807, 2.05) is 24.3 Å². The topological polar surface area (TPSA) is 109 Å². The number of ether oxygens (including phenoxy) is 1. The normalized spacial score (nSPS) is 12.5. The summed E-state index contributed by atoms with van der Waals surface area (Å²) in [5.74, 6) is 0.503. The molecule has 23 heavy (non-hydrogen) atoms. The number of aromatic nitrogens is 6. The second-order valence-electron chi connectivity index (χ2n) is 5.04. The molecule has 0 fully saturated rings. The number of rotatable bonds is 5. The number of para-hydroxylation sites is 2. The van der Waals surface area contributed by atoms with E-state index in [0.29, 0.717) is 30.0 Å². The van der Waals surface area contributed by atoms with Gasteiger partial charge in [0, 0.05) is 12.6 Å². The van der Waals surface area contributed by atoms with Crippen LogP contribution >= 0.6 is 0 Å².